The lowest BCUT2D eigenvalue weighted by Crippen LogP contribution is -2.01. The summed E-state index contributed by atoms with van der Waals surface area (Å²) in [6.07, 6.45) is 1.26. The largest absolute Gasteiger partial charge is 0.487 e. The molecule has 0 aliphatic heterocycles. The van der Waals surface area contributed by atoms with E-state index >= 15 is 0 Å². The molecule has 0 aliphatic rings. The molecule has 0 saturated carbocycles. The van der Waals surface area contributed by atoms with Gasteiger partial charge in [-0.2, -0.15) is 0 Å². The van der Waals surface area contributed by atoms with Crippen molar-refractivity contribution in [3.63, 3.8) is 0 Å². The van der Waals surface area contributed by atoms with Crippen LogP contribution in [0.1, 0.15) is 0 Å². The Balaban J connectivity index is 2.52. The summed E-state index contributed by atoms with van der Waals surface area (Å²) in [7, 11) is 0. The van der Waals surface area contributed by atoms with E-state index in [0.29, 0.717) is 11.4 Å². The standard InChI is InChI=1S/C11H11FN2O/c1-14-10-2-4-11(5-3-10)15-8-9(12)6-7-13/h2-6H,7-8,13H2. The number of hydrogen-bond donors (Lipinski definition) is 1. The van der Waals surface area contributed by atoms with E-state index in [-0.39, 0.29) is 13.2 Å². The zero-order valence-electron chi connectivity index (χ0n) is 8.11. The zero-order chi connectivity index (χ0) is 11.1. The van der Waals surface area contributed by atoms with Crippen molar-refractivity contribution in [1.82, 2.24) is 0 Å². The molecule has 0 heterocycles. The molecule has 0 radical (unpaired) electrons. The topological polar surface area (TPSA) is 39.6 Å². The summed E-state index contributed by atoms with van der Waals surface area (Å²) in [4.78, 5) is 3.23. The maximum absolute atomic E-state index is 12.8. The van der Waals surface area contributed by atoms with Crippen LogP contribution < -0.4 is 10.5 Å². The fraction of sp³-hybridized carbons (Fsp3) is 0.182. The van der Waals surface area contributed by atoms with Crippen molar-refractivity contribution in [3.8, 4) is 5.75 Å². The molecular formula is C11H11FN2O. The molecule has 4 heteroatoms. The summed E-state index contributed by atoms with van der Waals surface area (Å²) in [5, 5.41) is 0. The first-order valence-electron chi connectivity index (χ1n) is 4.41. The normalized spacial score (nSPS) is 10.9. The second-order valence-corrected chi connectivity index (χ2v) is 2.78. The molecule has 78 valence electrons. The molecule has 2 N–H and O–H groups in total. The van der Waals surface area contributed by atoms with Crippen LogP contribution in [0.3, 0.4) is 0 Å². The molecular weight excluding hydrogens is 195 g/mol. The van der Waals surface area contributed by atoms with Gasteiger partial charge in [0.1, 0.15) is 18.2 Å². The molecule has 0 unspecified atom stereocenters. The highest BCUT2D eigenvalue weighted by molar-refractivity contribution is 5.46. The van der Waals surface area contributed by atoms with E-state index < -0.39 is 5.83 Å². The SMILES string of the molecule is [C-]#[N+]c1ccc(OCC(F)=CCN)cc1. The highest BCUT2D eigenvalue weighted by Crippen LogP contribution is 2.18. The van der Waals surface area contributed by atoms with Crippen molar-refractivity contribution in [2.45, 2.75) is 0 Å². The molecule has 1 aromatic carbocycles. The van der Waals surface area contributed by atoms with Crippen LogP contribution in [-0.2, 0) is 0 Å². The summed E-state index contributed by atoms with van der Waals surface area (Å²) in [5.41, 5.74) is 5.66. The lowest BCUT2D eigenvalue weighted by Gasteiger charge is -2.03. The van der Waals surface area contributed by atoms with E-state index in [4.69, 9.17) is 17.0 Å². The Labute approximate surface area is 87.8 Å². The van der Waals surface area contributed by atoms with Gasteiger partial charge in [-0.05, 0) is 18.2 Å². The monoisotopic (exact) mass is 206 g/mol. The van der Waals surface area contributed by atoms with Gasteiger partial charge in [0, 0.05) is 6.54 Å². The van der Waals surface area contributed by atoms with Crippen molar-refractivity contribution >= 4 is 5.69 Å². The van der Waals surface area contributed by atoms with E-state index in [9.17, 15) is 4.39 Å². The Morgan fingerprint density at radius 3 is 2.67 bits per heavy atom. The first kappa shape index (κ1) is 11.2. The Morgan fingerprint density at radius 2 is 2.13 bits per heavy atom. The highest BCUT2D eigenvalue weighted by atomic mass is 19.1. The summed E-state index contributed by atoms with van der Waals surface area (Å²) in [6.45, 7) is 6.77. The second kappa shape index (κ2) is 5.78. The average Bonchev–Trinajstić information content (AvgIpc) is 2.27. The first-order valence-corrected chi connectivity index (χ1v) is 4.41. The van der Waals surface area contributed by atoms with Gasteiger partial charge in [-0.3, -0.25) is 0 Å². The molecule has 0 spiro atoms. The summed E-state index contributed by atoms with van der Waals surface area (Å²) < 4.78 is 18.0. The third kappa shape index (κ3) is 3.79. The molecule has 1 rings (SSSR count). The second-order valence-electron chi connectivity index (χ2n) is 2.78. The van der Waals surface area contributed by atoms with Gasteiger partial charge >= 0.3 is 0 Å². The average molecular weight is 206 g/mol. The number of hydrogen-bond acceptors (Lipinski definition) is 2. The summed E-state index contributed by atoms with van der Waals surface area (Å²) in [6, 6.07) is 6.49. The molecule has 3 nitrogen and oxygen atoms in total. The molecule has 0 aromatic heterocycles. The molecule has 0 fully saturated rings. The predicted molar refractivity (Wildman–Crippen MR) is 56.4 cm³/mol. The van der Waals surface area contributed by atoms with Gasteiger partial charge in [0.15, 0.2) is 5.69 Å². The number of halogens is 1. The minimum Gasteiger partial charge on any atom is -0.487 e. The van der Waals surface area contributed by atoms with Crippen LogP contribution in [0.25, 0.3) is 4.85 Å². The number of benzene rings is 1. The van der Waals surface area contributed by atoms with Crippen LogP contribution in [0.15, 0.2) is 36.2 Å². The quantitative estimate of drug-likeness (QED) is 0.768. The predicted octanol–water partition coefficient (Wildman–Crippen LogP) is 2.43. The Kier molecular flexibility index (Phi) is 4.32. The number of nitrogens with two attached hydrogens (primary N) is 1. The minimum absolute atomic E-state index is 0.130. The van der Waals surface area contributed by atoms with Crippen LogP contribution >= 0.6 is 0 Å². The van der Waals surface area contributed by atoms with E-state index in [1.807, 2.05) is 0 Å². The van der Waals surface area contributed by atoms with Crippen LogP contribution in [0, 0.1) is 6.57 Å². The van der Waals surface area contributed by atoms with Crippen molar-refractivity contribution in [2.75, 3.05) is 13.2 Å². The number of rotatable bonds is 4. The molecule has 0 atom stereocenters. The van der Waals surface area contributed by atoms with E-state index in [2.05, 4.69) is 4.85 Å². The molecule has 15 heavy (non-hydrogen) atoms. The summed E-state index contributed by atoms with van der Waals surface area (Å²) >= 11 is 0. The Morgan fingerprint density at radius 1 is 1.47 bits per heavy atom. The van der Waals surface area contributed by atoms with Crippen molar-refractivity contribution < 1.29 is 9.13 Å². The Bertz CT molecular complexity index is 379. The van der Waals surface area contributed by atoms with Gasteiger partial charge in [0.2, 0.25) is 0 Å². The van der Waals surface area contributed by atoms with Gasteiger partial charge in [-0.15, -0.1) is 0 Å². The maximum atomic E-state index is 12.8. The molecule has 0 saturated heterocycles. The molecule has 1 aromatic rings. The lowest BCUT2D eigenvalue weighted by molar-refractivity contribution is 0.318. The number of ether oxygens (including phenoxy) is 1. The Hall–Kier alpha value is -1.86. The lowest BCUT2D eigenvalue weighted by atomic mass is 10.3. The van der Waals surface area contributed by atoms with Crippen LogP contribution in [0.2, 0.25) is 0 Å². The van der Waals surface area contributed by atoms with Gasteiger partial charge in [0.05, 0.1) is 6.57 Å². The van der Waals surface area contributed by atoms with Crippen LogP contribution in [0.5, 0.6) is 5.75 Å². The van der Waals surface area contributed by atoms with Crippen molar-refractivity contribution in [2.24, 2.45) is 5.73 Å². The van der Waals surface area contributed by atoms with Crippen molar-refractivity contribution in [1.29, 1.82) is 0 Å². The van der Waals surface area contributed by atoms with Gasteiger partial charge in [0.25, 0.3) is 0 Å². The van der Waals surface area contributed by atoms with Crippen molar-refractivity contribution in [3.05, 3.63) is 47.6 Å². The summed E-state index contributed by atoms with van der Waals surface area (Å²) in [5.74, 6) is 0.134. The number of nitrogens with zero attached hydrogens (tertiary/aromatic N) is 1. The molecule has 0 bridgehead atoms. The first-order chi connectivity index (χ1) is 7.26. The van der Waals surface area contributed by atoms with E-state index in [0.717, 1.165) is 0 Å². The fourth-order valence-corrected chi connectivity index (χ4v) is 0.956. The molecule has 0 amide bonds. The zero-order valence-corrected chi connectivity index (χ0v) is 8.11. The third-order valence-corrected chi connectivity index (χ3v) is 1.68. The van der Waals surface area contributed by atoms with Crippen LogP contribution in [0.4, 0.5) is 10.1 Å². The smallest absolute Gasteiger partial charge is 0.187 e. The minimum atomic E-state index is -0.397. The highest BCUT2D eigenvalue weighted by Gasteiger charge is 1.97. The van der Waals surface area contributed by atoms with Crippen LogP contribution in [-0.4, -0.2) is 13.2 Å². The molecule has 0 aliphatic carbocycles. The van der Waals surface area contributed by atoms with Gasteiger partial charge < -0.3 is 10.5 Å². The van der Waals surface area contributed by atoms with Gasteiger partial charge in [-0.25, -0.2) is 9.24 Å². The third-order valence-electron chi connectivity index (χ3n) is 1.68. The van der Waals surface area contributed by atoms with E-state index in [1.54, 1.807) is 24.3 Å². The van der Waals surface area contributed by atoms with E-state index in [1.165, 1.54) is 6.08 Å². The van der Waals surface area contributed by atoms with Gasteiger partial charge in [-0.1, -0.05) is 12.1 Å². The fourth-order valence-electron chi connectivity index (χ4n) is 0.956. The maximum Gasteiger partial charge on any atom is 0.187 e.